The van der Waals surface area contributed by atoms with E-state index in [0.717, 1.165) is 0 Å². The van der Waals surface area contributed by atoms with Gasteiger partial charge in [0, 0.05) is 0 Å². The van der Waals surface area contributed by atoms with Gasteiger partial charge in [0.1, 0.15) is 0 Å². The minimum absolute atomic E-state index is 1.26. The number of nitrogens with zero attached hydrogens (tertiary/aromatic N) is 4. The van der Waals surface area contributed by atoms with E-state index < -0.39 is 17.1 Å². The average molecular weight is 546 g/mol. The van der Waals surface area contributed by atoms with Gasteiger partial charge in [-0.3, -0.25) is 0 Å². The van der Waals surface area contributed by atoms with E-state index in [1.165, 1.54) is 76.2 Å². The van der Waals surface area contributed by atoms with Gasteiger partial charge >= 0.3 is 57.0 Å². The number of rotatable bonds is 11. The van der Waals surface area contributed by atoms with E-state index in [1.807, 2.05) is 0 Å². The summed E-state index contributed by atoms with van der Waals surface area (Å²) in [5.74, 6) is 0. The van der Waals surface area contributed by atoms with Crippen molar-refractivity contribution in [1.29, 1.82) is 0 Å². The standard InChI is InChI=1S/C18H30.4CN.Pt/c1-2-3-4-5-6-7-8-9-10-12-15-18-16-13-11-14-17-18;4*1-2;/h11,13-14,16-17H,2-10,12,15H2,1H3;;;;;/q;4*-1;+4. The summed E-state index contributed by atoms with van der Waals surface area (Å²) in [7, 11) is 0. The van der Waals surface area contributed by atoms with Crippen LogP contribution >= 0.6 is 0 Å². The van der Waals surface area contributed by atoms with Gasteiger partial charge < -0.3 is 0 Å². The second kappa shape index (κ2) is 17.3. The Labute approximate surface area is 170 Å². The first-order valence-electron chi connectivity index (χ1n) is 9.43. The minimum atomic E-state index is -3.93. The molecular weight excluding hydrogens is 515 g/mol. The van der Waals surface area contributed by atoms with Crippen molar-refractivity contribution in [3.63, 3.8) is 0 Å². The fraction of sp³-hybridized carbons (Fsp3) is 0.545. The maximum atomic E-state index is 6.37. The number of aryl methyl sites for hydroxylation is 1. The van der Waals surface area contributed by atoms with Gasteiger partial charge in [-0.2, -0.15) is 0 Å². The van der Waals surface area contributed by atoms with Gasteiger partial charge in [0.05, 0.1) is 0 Å². The van der Waals surface area contributed by atoms with Crippen LogP contribution in [-0.4, -0.2) is 0 Å². The van der Waals surface area contributed by atoms with E-state index in [-0.39, 0.29) is 0 Å². The van der Waals surface area contributed by atoms with Crippen molar-refractivity contribution in [2.24, 2.45) is 0 Å². The summed E-state index contributed by atoms with van der Waals surface area (Å²) >= 11 is -3.93. The molecule has 0 saturated heterocycles. The molecule has 0 N–H and O–H groups in total. The first-order valence-corrected chi connectivity index (χ1v) is 13.5. The van der Waals surface area contributed by atoms with Gasteiger partial charge in [-0.05, 0) is 18.4 Å². The molecule has 1 rings (SSSR count). The molecule has 0 aliphatic rings. The number of unbranched alkanes of at least 4 members (excludes halogenated alkanes) is 9. The molecule has 4 nitrogen and oxygen atoms in total. The van der Waals surface area contributed by atoms with E-state index in [4.69, 9.17) is 26.3 Å². The van der Waals surface area contributed by atoms with Crippen LogP contribution in [0.25, 0.3) is 13.6 Å². The molecule has 0 aliphatic heterocycles. The Bertz CT molecular complexity index is 597. The van der Waals surface area contributed by atoms with Crippen LogP contribution in [0.1, 0.15) is 76.7 Å². The summed E-state index contributed by atoms with van der Waals surface area (Å²) in [4.78, 5) is 0. The van der Waals surface area contributed by atoms with Crippen molar-refractivity contribution in [1.82, 2.24) is 0 Å². The third-order valence-electron chi connectivity index (χ3n) is 4.04. The molecule has 5 heteroatoms. The molecule has 0 fully saturated rings. The molecule has 0 aliphatic carbocycles. The van der Waals surface area contributed by atoms with Crippen molar-refractivity contribution in [2.45, 2.75) is 77.6 Å². The number of benzene rings is 1. The molecule has 0 unspecified atom stereocenters. The fourth-order valence-corrected chi connectivity index (χ4v) is 3.24. The Hall–Kier alpha value is -2.13. The maximum absolute atomic E-state index is 6.37. The zero-order valence-electron chi connectivity index (χ0n) is 16.3. The second-order valence-electron chi connectivity index (χ2n) is 6.08. The molecule has 1 aromatic carbocycles. The molecule has 1 aromatic rings. The van der Waals surface area contributed by atoms with Crippen LogP contribution in [0.3, 0.4) is 0 Å². The molecule has 0 saturated carbocycles. The van der Waals surface area contributed by atoms with Gasteiger partial charge in [0.25, 0.3) is 0 Å². The normalized spacial score (nSPS) is 10.3. The summed E-state index contributed by atoms with van der Waals surface area (Å²) in [5, 5.41) is 0. The van der Waals surface area contributed by atoms with Gasteiger partial charge in [-0.25, -0.2) is 0 Å². The number of hydrogen-bond donors (Lipinski definition) is 0. The average Bonchev–Trinajstić information content (AvgIpc) is 2.73. The van der Waals surface area contributed by atoms with Gasteiger partial charge in [-0.1, -0.05) is 95.0 Å². The quantitative estimate of drug-likeness (QED) is 0.201. The van der Waals surface area contributed by atoms with Gasteiger partial charge in [-0.15, -0.1) is 0 Å². The Balaban J connectivity index is 0.000000636. The third-order valence-corrected chi connectivity index (χ3v) is 6.77. The van der Waals surface area contributed by atoms with E-state index >= 15 is 0 Å². The Morgan fingerprint density at radius 2 is 1.04 bits per heavy atom. The fourth-order valence-electron chi connectivity index (χ4n) is 2.56. The van der Waals surface area contributed by atoms with Crippen LogP contribution in [0.2, 0.25) is 0 Å². The molecule has 0 amide bonds. The van der Waals surface area contributed by atoms with Crippen molar-refractivity contribution < 1.29 is 17.1 Å². The van der Waals surface area contributed by atoms with E-state index in [1.54, 1.807) is 0 Å². The van der Waals surface area contributed by atoms with Crippen molar-refractivity contribution in [3.8, 4) is 0 Å². The van der Waals surface area contributed by atoms with Crippen LogP contribution < -0.4 is 0 Å². The van der Waals surface area contributed by atoms with E-state index in [0.29, 0.717) is 0 Å². The van der Waals surface area contributed by atoms with Crippen LogP contribution in [0.4, 0.5) is 0 Å². The topological polar surface area (TPSA) is 17.4 Å². The van der Waals surface area contributed by atoms with Crippen molar-refractivity contribution in [2.75, 3.05) is 0 Å². The first kappa shape index (κ1) is 24.9. The Morgan fingerprint density at radius 1 is 0.630 bits per heavy atom. The van der Waals surface area contributed by atoms with E-state index in [2.05, 4.69) is 50.9 Å². The monoisotopic (exact) mass is 545 g/mol. The van der Waals surface area contributed by atoms with Crippen LogP contribution in [0.15, 0.2) is 30.3 Å². The van der Waals surface area contributed by atoms with Crippen LogP contribution in [-0.2, 0) is 23.5 Å². The molecule has 27 heavy (non-hydrogen) atoms. The molecule has 0 spiro atoms. The van der Waals surface area contributed by atoms with E-state index in [9.17, 15) is 0 Å². The number of hydrogen-bond acceptors (Lipinski definition) is 0. The molecule has 0 atom stereocenters. The second-order valence-corrected chi connectivity index (χ2v) is 10.8. The van der Waals surface area contributed by atoms with Crippen LogP contribution in [0, 0.1) is 26.3 Å². The van der Waals surface area contributed by atoms with Crippen molar-refractivity contribution in [3.05, 3.63) is 75.8 Å². The molecule has 0 radical (unpaired) electrons. The van der Waals surface area contributed by atoms with Crippen LogP contribution in [0.5, 0.6) is 0 Å². The molecule has 0 aromatic heterocycles. The predicted octanol–water partition coefficient (Wildman–Crippen LogP) is 7.63. The zero-order valence-corrected chi connectivity index (χ0v) is 18.5. The summed E-state index contributed by atoms with van der Waals surface area (Å²) in [6, 6.07) is 10.9. The zero-order chi connectivity index (χ0) is 20.2. The first-order chi connectivity index (χ1) is 13.2. The SMILES string of the molecule is CCCCCCCCCCCCc1ccccc1.[C-]#[N+][Pt]([N+]#[C-])([N+]#[C-])[N+]#[C-]. The van der Waals surface area contributed by atoms with Gasteiger partial charge in [0.15, 0.2) is 0 Å². The summed E-state index contributed by atoms with van der Waals surface area (Å²) in [6.07, 6.45) is 15.5. The summed E-state index contributed by atoms with van der Waals surface area (Å²) < 4.78 is 11.0. The van der Waals surface area contributed by atoms with Gasteiger partial charge in [0.2, 0.25) is 0 Å². The third kappa shape index (κ3) is 12.8. The molecule has 0 bridgehead atoms. The predicted molar refractivity (Wildman–Crippen MR) is 108 cm³/mol. The molecule has 0 heterocycles. The Morgan fingerprint density at radius 3 is 1.41 bits per heavy atom. The summed E-state index contributed by atoms with van der Waals surface area (Å²) in [6.45, 7) is 27.8. The molecule has 148 valence electrons. The Kier molecular flexibility index (Phi) is 15.9. The van der Waals surface area contributed by atoms with Crippen molar-refractivity contribution >= 4 is 0 Å². The molecular formula is C22H30N4Pt. The summed E-state index contributed by atoms with van der Waals surface area (Å²) in [5.41, 5.74) is 1.50.